The molecule has 1 saturated heterocycles. The number of benzene rings is 1. The van der Waals surface area contributed by atoms with Gasteiger partial charge in [0.05, 0.1) is 13.2 Å². The molecular weight excluding hydrogens is 303 g/mol. The van der Waals surface area contributed by atoms with Gasteiger partial charge in [0.15, 0.2) is 6.29 Å². The second-order valence-corrected chi connectivity index (χ2v) is 7.40. The topological polar surface area (TPSA) is 18.5 Å². The van der Waals surface area contributed by atoms with Crippen LogP contribution >= 0.6 is 0 Å². The van der Waals surface area contributed by atoms with Crippen molar-refractivity contribution < 1.29 is 13.9 Å². The van der Waals surface area contributed by atoms with E-state index in [0.29, 0.717) is 5.92 Å². The smallest absolute Gasteiger partial charge is 0.183 e. The van der Waals surface area contributed by atoms with Gasteiger partial charge in [0.1, 0.15) is 5.82 Å². The zero-order valence-corrected chi connectivity index (χ0v) is 14.5. The molecule has 0 radical (unpaired) electrons. The predicted octanol–water partition coefficient (Wildman–Crippen LogP) is 5.65. The van der Waals surface area contributed by atoms with E-state index >= 15 is 0 Å². The summed E-state index contributed by atoms with van der Waals surface area (Å²) < 4.78 is 24.7. The Bertz CT molecular complexity index is 497. The van der Waals surface area contributed by atoms with Crippen LogP contribution in [0.2, 0.25) is 0 Å². The number of allylic oxidation sites excluding steroid dienone is 1. The molecule has 1 saturated carbocycles. The molecule has 0 atom stereocenters. The van der Waals surface area contributed by atoms with Gasteiger partial charge in [-0.05, 0) is 49.7 Å². The highest BCUT2D eigenvalue weighted by atomic mass is 19.1. The summed E-state index contributed by atoms with van der Waals surface area (Å²) in [6, 6.07) is 6.39. The van der Waals surface area contributed by atoms with Gasteiger partial charge >= 0.3 is 0 Å². The molecule has 3 rings (SSSR count). The molecule has 1 aromatic rings. The minimum Gasteiger partial charge on any atom is -0.348 e. The molecule has 3 heteroatoms. The maximum Gasteiger partial charge on any atom is 0.183 e. The monoisotopic (exact) mass is 332 g/mol. The van der Waals surface area contributed by atoms with Crippen LogP contribution < -0.4 is 0 Å². The molecular formula is C21H29FO2. The number of rotatable bonds is 6. The largest absolute Gasteiger partial charge is 0.348 e. The Kier molecular flexibility index (Phi) is 6.44. The van der Waals surface area contributed by atoms with Gasteiger partial charge < -0.3 is 9.47 Å². The molecule has 2 nitrogen and oxygen atoms in total. The highest BCUT2D eigenvalue weighted by Gasteiger charge is 2.26. The normalized spacial score (nSPS) is 30.9. The quantitative estimate of drug-likeness (QED) is 0.627. The van der Waals surface area contributed by atoms with E-state index in [1.165, 1.54) is 57.1 Å². The van der Waals surface area contributed by atoms with E-state index in [9.17, 15) is 4.39 Å². The third-order valence-corrected chi connectivity index (χ3v) is 5.56. The summed E-state index contributed by atoms with van der Waals surface area (Å²) in [5.41, 5.74) is 0.899. The molecule has 0 spiro atoms. The summed E-state index contributed by atoms with van der Waals surface area (Å²) in [6.45, 7) is 5.35. The van der Waals surface area contributed by atoms with Crippen LogP contribution in [-0.2, 0) is 9.47 Å². The maximum atomic E-state index is 13.0. The number of hydrogen-bond acceptors (Lipinski definition) is 2. The van der Waals surface area contributed by atoms with Crippen LogP contribution in [-0.4, -0.2) is 13.2 Å². The summed E-state index contributed by atoms with van der Waals surface area (Å²) in [6.07, 6.45) is 10.8. The molecule has 0 N–H and O–H groups in total. The molecule has 132 valence electrons. The summed E-state index contributed by atoms with van der Waals surface area (Å²) in [5.74, 6) is 2.01. The zero-order valence-electron chi connectivity index (χ0n) is 14.5. The van der Waals surface area contributed by atoms with Gasteiger partial charge in [0.25, 0.3) is 0 Å². The maximum absolute atomic E-state index is 13.0. The van der Waals surface area contributed by atoms with Crippen LogP contribution in [0.1, 0.15) is 56.8 Å². The second-order valence-electron chi connectivity index (χ2n) is 7.40. The molecule has 0 bridgehead atoms. The minimum absolute atomic E-state index is 0.227. The SMILES string of the molecule is C=CC[C@H]1CC[C@H](CC[C@H]2CO[C@H](c3ccc(F)cc3)OC2)CC1. The van der Waals surface area contributed by atoms with Gasteiger partial charge in [-0.25, -0.2) is 4.39 Å². The second kappa shape index (κ2) is 8.77. The Balaban J connectivity index is 1.35. The predicted molar refractivity (Wildman–Crippen MR) is 94.0 cm³/mol. The van der Waals surface area contributed by atoms with Gasteiger partial charge in [0.2, 0.25) is 0 Å². The van der Waals surface area contributed by atoms with Crippen molar-refractivity contribution in [1.82, 2.24) is 0 Å². The number of ether oxygens (including phenoxy) is 2. The summed E-state index contributed by atoms with van der Waals surface area (Å²) >= 11 is 0. The fraction of sp³-hybridized carbons (Fsp3) is 0.619. The fourth-order valence-electron chi connectivity index (χ4n) is 3.99. The Hall–Kier alpha value is -1.19. The van der Waals surface area contributed by atoms with Gasteiger partial charge in [-0.3, -0.25) is 0 Å². The Morgan fingerprint density at radius 3 is 2.12 bits per heavy atom. The number of hydrogen-bond donors (Lipinski definition) is 0. The first kappa shape index (κ1) is 17.6. The number of halogens is 1. The van der Waals surface area contributed by atoms with Gasteiger partial charge in [0, 0.05) is 11.5 Å². The molecule has 0 amide bonds. The van der Waals surface area contributed by atoms with Crippen molar-refractivity contribution in [3.05, 3.63) is 48.3 Å². The first-order valence-electron chi connectivity index (χ1n) is 9.34. The summed E-state index contributed by atoms with van der Waals surface area (Å²) in [4.78, 5) is 0. The molecule has 1 aliphatic heterocycles. The van der Waals surface area contributed by atoms with E-state index in [0.717, 1.165) is 30.6 Å². The van der Waals surface area contributed by atoms with E-state index in [-0.39, 0.29) is 12.1 Å². The molecule has 0 aromatic heterocycles. The molecule has 1 aliphatic carbocycles. The van der Waals surface area contributed by atoms with Crippen molar-refractivity contribution in [1.29, 1.82) is 0 Å². The third-order valence-electron chi connectivity index (χ3n) is 5.56. The standard InChI is InChI=1S/C21H29FO2/c1-2-3-16-4-6-17(7-5-16)8-9-18-14-23-21(24-15-18)19-10-12-20(22)13-11-19/h2,10-13,16-18,21H,1,3-9,14-15H2/t16-,17-,18-,21-. The summed E-state index contributed by atoms with van der Waals surface area (Å²) in [5, 5.41) is 0. The van der Waals surface area contributed by atoms with Crippen molar-refractivity contribution >= 4 is 0 Å². The van der Waals surface area contributed by atoms with Crippen LogP contribution in [0.25, 0.3) is 0 Å². The fourth-order valence-corrected chi connectivity index (χ4v) is 3.99. The van der Waals surface area contributed by atoms with Crippen LogP contribution in [0.3, 0.4) is 0 Å². The lowest BCUT2D eigenvalue weighted by Gasteiger charge is -2.32. The van der Waals surface area contributed by atoms with Crippen molar-refractivity contribution in [3.8, 4) is 0 Å². The Labute approximate surface area is 145 Å². The molecule has 24 heavy (non-hydrogen) atoms. The van der Waals surface area contributed by atoms with Gasteiger partial charge in [-0.1, -0.05) is 37.5 Å². The first-order valence-corrected chi connectivity index (χ1v) is 9.34. The van der Waals surface area contributed by atoms with Crippen molar-refractivity contribution in [2.45, 2.75) is 51.2 Å². The van der Waals surface area contributed by atoms with Crippen LogP contribution in [0.4, 0.5) is 4.39 Å². The van der Waals surface area contributed by atoms with Crippen molar-refractivity contribution in [3.63, 3.8) is 0 Å². The molecule has 1 heterocycles. The van der Waals surface area contributed by atoms with Gasteiger partial charge in [-0.15, -0.1) is 6.58 Å². The third kappa shape index (κ3) is 4.90. The van der Waals surface area contributed by atoms with Crippen LogP contribution in [0.5, 0.6) is 0 Å². The first-order chi connectivity index (χ1) is 11.7. The lowest BCUT2D eigenvalue weighted by Crippen LogP contribution is -2.27. The summed E-state index contributed by atoms with van der Waals surface area (Å²) in [7, 11) is 0. The molecule has 2 fully saturated rings. The lowest BCUT2D eigenvalue weighted by atomic mass is 9.78. The highest BCUT2D eigenvalue weighted by molar-refractivity contribution is 5.17. The van der Waals surface area contributed by atoms with Gasteiger partial charge in [-0.2, -0.15) is 0 Å². The molecule has 1 aromatic carbocycles. The average Bonchev–Trinajstić information content (AvgIpc) is 2.63. The Morgan fingerprint density at radius 1 is 0.917 bits per heavy atom. The van der Waals surface area contributed by atoms with E-state index in [1.54, 1.807) is 12.1 Å². The molecule has 2 aliphatic rings. The molecule has 0 unspecified atom stereocenters. The van der Waals surface area contributed by atoms with E-state index in [4.69, 9.17) is 9.47 Å². The van der Waals surface area contributed by atoms with E-state index in [1.807, 2.05) is 0 Å². The van der Waals surface area contributed by atoms with Crippen molar-refractivity contribution in [2.24, 2.45) is 17.8 Å². The van der Waals surface area contributed by atoms with E-state index < -0.39 is 0 Å². The van der Waals surface area contributed by atoms with Crippen LogP contribution in [0.15, 0.2) is 36.9 Å². The van der Waals surface area contributed by atoms with Crippen molar-refractivity contribution in [2.75, 3.05) is 13.2 Å². The Morgan fingerprint density at radius 2 is 1.50 bits per heavy atom. The zero-order chi connectivity index (χ0) is 16.8. The minimum atomic E-state index is -0.337. The average molecular weight is 332 g/mol. The highest BCUT2D eigenvalue weighted by Crippen LogP contribution is 2.35. The van der Waals surface area contributed by atoms with Crippen LogP contribution in [0, 0.1) is 23.6 Å². The van der Waals surface area contributed by atoms with E-state index in [2.05, 4.69) is 12.7 Å². The lowest BCUT2D eigenvalue weighted by molar-refractivity contribution is -0.206.